The summed E-state index contributed by atoms with van der Waals surface area (Å²) in [5.74, 6) is 6.41. The van der Waals surface area contributed by atoms with Crippen molar-refractivity contribution >= 4 is 5.91 Å². The van der Waals surface area contributed by atoms with Crippen molar-refractivity contribution in [3.05, 3.63) is 0 Å². The van der Waals surface area contributed by atoms with Crippen molar-refractivity contribution in [2.75, 3.05) is 46.2 Å². The van der Waals surface area contributed by atoms with Gasteiger partial charge in [0.15, 0.2) is 0 Å². The highest BCUT2D eigenvalue weighted by molar-refractivity contribution is 5.77. The van der Waals surface area contributed by atoms with Crippen molar-refractivity contribution in [2.24, 2.45) is 11.8 Å². The zero-order chi connectivity index (χ0) is 15.9. The van der Waals surface area contributed by atoms with Gasteiger partial charge in [0.2, 0.25) is 5.91 Å². The van der Waals surface area contributed by atoms with Gasteiger partial charge in [0.05, 0.1) is 33.0 Å². The first-order chi connectivity index (χ1) is 10.0. The van der Waals surface area contributed by atoms with Crippen LogP contribution < -0.4 is 5.32 Å². The normalized spacial score (nSPS) is 10.6. The Morgan fingerprint density at radius 1 is 1.00 bits per heavy atom. The highest BCUT2D eigenvalue weighted by Gasteiger charge is 2.04. The van der Waals surface area contributed by atoms with Crippen LogP contribution in [0.5, 0.6) is 0 Å². The van der Waals surface area contributed by atoms with Crippen molar-refractivity contribution in [1.82, 2.24) is 5.32 Å². The van der Waals surface area contributed by atoms with Gasteiger partial charge in [0.1, 0.15) is 6.61 Å². The van der Waals surface area contributed by atoms with Crippen LogP contribution in [0.4, 0.5) is 0 Å². The zero-order valence-corrected chi connectivity index (χ0v) is 13.7. The molecule has 0 aromatic carbocycles. The van der Waals surface area contributed by atoms with Gasteiger partial charge < -0.3 is 19.5 Å². The first-order valence-corrected chi connectivity index (χ1v) is 7.53. The fourth-order valence-corrected chi connectivity index (χ4v) is 1.26. The molecule has 5 nitrogen and oxygen atoms in total. The number of hydrogen-bond acceptors (Lipinski definition) is 4. The first-order valence-electron chi connectivity index (χ1n) is 7.53. The molecular formula is C16H31NO4. The summed E-state index contributed by atoms with van der Waals surface area (Å²) in [6.45, 7) is 11.4. The molecule has 0 aliphatic carbocycles. The number of carbonyl (C=O) groups excluding carboxylic acids is 1. The maximum atomic E-state index is 11.2. The van der Waals surface area contributed by atoms with Gasteiger partial charge in [-0.1, -0.05) is 39.5 Å². The monoisotopic (exact) mass is 301 g/mol. The summed E-state index contributed by atoms with van der Waals surface area (Å²) >= 11 is 0. The maximum absolute atomic E-state index is 11.2. The van der Waals surface area contributed by atoms with E-state index in [1.54, 1.807) is 0 Å². The molecule has 0 aromatic heterocycles. The standard InChI is InChI=1S/C16H29NO4.H2/c1-14(2)6-5-8-19-10-12-21-13-11-20-9-7-17-16(18)15(3)4;/h14-15H,7-13H2,1-4H3,(H,17,18);1H. The van der Waals surface area contributed by atoms with Gasteiger partial charge in [0.25, 0.3) is 0 Å². The van der Waals surface area contributed by atoms with E-state index in [1.807, 2.05) is 27.7 Å². The lowest BCUT2D eigenvalue weighted by atomic mass is 10.2. The van der Waals surface area contributed by atoms with Crippen LogP contribution in [-0.4, -0.2) is 52.1 Å². The Morgan fingerprint density at radius 3 is 2.14 bits per heavy atom. The molecule has 0 fully saturated rings. The second-order valence-corrected chi connectivity index (χ2v) is 5.20. The van der Waals surface area contributed by atoms with Crippen LogP contribution in [0.2, 0.25) is 0 Å². The van der Waals surface area contributed by atoms with Crippen LogP contribution in [0, 0.1) is 23.7 Å². The second-order valence-electron chi connectivity index (χ2n) is 5.20. The molecule has 0 bridgehead atoms. The molecule has 0 radical (unpaired) electrons. The van der Waals surface area contributed by atoms with Gasteiger partial charge in [-0.05, 0) is 0 Å². The highest BCUT2D eigenvalue weighted by atomic mass is 16.5. The third-order valence-corrected chi connectivity index (χ3v) is 2.38. The predicted molar refractivity (Wildman–Crippen MR) is 85.0 cm³/mol. The van der Waals surface area contributed by atoms with Crippen molar-refractivity contribution < 1.29 is 20.4 Å². The van der Waals surface area contributed by atoms with Gasteiger partial charge in [-0.15, -0.1) is 0 Å². The molecule has 0 saturated carbocycles. The summed E-state index contributed by atoms with van der Waals surface area (Å²) in [5.41, 5.74) is 0. The summed E-state index contributed by atoms with van der Waals surface area (Å²) in [6, 6.07) is 0. The molecule has 1 amide bonds. The average molecular weight is 301 g/mol. The largest absolute Gasteiger partial charge is 0.377 e. The van der Waals surface area contributed by atoms with Crippen LogP contribution in [0.25, 0.3) is 0 Å². The molecule has 0 unspecified atom stereocenters. The van der Waals surface area contributed by atoms with Gasteiger partial charge in [-0.2, -0.15) is 0 Å². The molecule has 0 aliphatic rings. The number of rotatable bonds is 11. The quantitative estimate of drug-likeness (QED) is 0.466. The number of carbonyl (C=O) groups is 1. The average Bonchev–Trinajstić information content (AvgIpc) is 2.43. The molecule has 1 N–H and O–H groups in total. The molecule has 21 heavy (non-hydrogen) atoms. The van der Waals surface area contributed by atoms with E-state index in [0.717, 1.165) is 0 Å². The molecule has 0 heterocycles. The van der Waals surface area contributed by atoms with E-state index >= 15 is 0 Å². The number of amides is 1. The van der Waals surface area contributed by atoms with Crippen LogP contribution in [0.1, 0.15) is 29.1 Å². The third-order valence-electron chi connectivity index (χ3n) is 2.38. The molecule has 5 heteroatoms. The summed E-state index contributed by atoms with van der Waals surface area (Å²) in [4.78, 5) is 11.2. The smallest absolute Gasteiger partial charge is 0.222 e. The zero-order valence-electron chi connectivity index (χ0n) is 13.7. The minimum absolute atomic E-state index is 0. The first kappa shape index (κ1) is 19.9. The summed E-state index contributed by atoms with van der Waals surface area (Å²) in [5, 5.41) is 2.78. The van der Waals surface area contributed by atoms with Gasteiger partial charge >= 0.3 is 0 Å². The minimum Gasteiger partial charge on any atom is -0.377 e. The molecule has 0 rings (SSSR count). The van der Waals surface area contributed by atoms with Crippen LogP contribution >= 0.6 is 0 Å². The van der Waals surface area contributed by atoms with Crippen molar-refractivity contribution in [3.8, 4) is 11.8 Å². The van der Waals surface area contributed by atoms with Crippen molar-refractivity contribution in [1.29, 1.82) is 0 Å². The van der Waals surface area contributed by atoms with Crippen molar-refractivity contribution in [3.63, 3.8) is 0 Å². The van der Waals surface area contributed by atoms with E-state index in [9.17, 15) is 4.79 Å². The predicted octanol–water partition coefficient (Wildman–Crippen LogP) is 1.71. The molecular weight excluding hydrogens is 270 g/mol. The van der Waals surface area contributed by atoms with E-state index < -0.39 is 0 Å². The molecule has 0 atom stereocenters. The Balaban J connectivity index is 0. The lowest BCUT2D eigenvalue weighted by Gasteiger charge is -2.08. The number of hydrogen-bond donors (Lipinski definition) is 1. The van der Waals surface area contributed by atoms with E-state index in [1.165, 1.54) is 0 Å². The molecule has 124 valence electrons. The van der Waals surface area contributed by atoms with Crippen LogP contribution in [-0.2, 0) is 19.0 Å². The van der Waals surface area contributed by atoms with E-state index in [4.69, 9.17) is 14.2 Å². The van der Waals surface area contributed by atoms with Crippen molar-refractivity contribution in [2.45, 2.75) is 27.7 Å². The second kappa shape index (κ2) is 13.9. The molecule has 0 spiro atoms. The Morgan fingerprint density at radius 2 is 1.57 bits per heavy atom. The molecule has 0 saturated heterocycles. The SMILES string of the molecule is CC(C)C#CCOCCOCCOCCNC(=O)C(C)C.[HH]. The summed E-state index contributed by atoms with van der Waals surface area (Å²) < 4.78 is 16.0. The summed E-state index contributed by atoms with van der Waals surface area (Å²) in [6.07, 6.45) is 0. The van der Waals surface area contributed by atoms with Gasteiger partial charge in [-0.25, -0.2) is 0 Å². The fraction of sp³-hybridized carbons (Fsp3) is 0.812. The lowest BCUT2D eigenvalue weighted by molar-refractivity contribution is -0.124. The molecule has 0 aromatic rings. The Hall–Kier alpha value is -1.09. The Labute approximate surface area is 130 Å². The van der Waals surface area contributed by atoms with Gasteiger partial charge in [-0.3, -0.25) is 4.79 Å². The van der Waals surface area contributed by atoms with E-state index in [2.05, 4.69) is 17.2 Å². The van der Waals surface area contributed by atoms with Crippen LogP contribution in [0.3, 0.4) is 0 Å². The lowest BCUT2D eigenvalue weighted by Crippen LogP contribution is -2.31. The topological polar surface area (TPSA) is 56.8 Å². The Bertz CT molecular complexity index is 324. The maximum Gasteiger partial charge on any atom is 0.222 e. The Kier molecular flexibility index (Phi) is 13.2. The summed E-state index contributed by atoms with van der Waals surface area (Å²) in [7, 11) is 0. The van der Waals surface area contributed by atoms with E-state index in [0.29, 0.717) is 52.1 Å². The minimum atomic E-state index is 0. The third kappa shape index (κ3) is 15.1. The number of nitrogens with one attached hydrogen (secondary N) is 1. The molecule has 0 aliphatic heterocycles. The van der Waals surface area contributed by atoms with Gasteiger partial charge in [0, 0.05) is 19.8 Å². The number of ether oxygens (including phenoxy) is 3. The highest BCUT2D eigenvalue weighted by Crippen LogP contribution is 1.89. The van der Waals surface area contributed by atoms with Crippen LogP contribution in [0.15, 0.2) is 0 Å². The fourth-order valence-electron chi connectivity index (χ4n) is 1.26. The van der Waals surface area contributed by atoms with E-state index in [-0.39, 0.29) is 13.3 Å².